The number of nitriles is 1. The summed E-state index contributed by atoms with van der Waals surface area (Å²) in [6.45, 7) is 7.29. The Hall–Kier alpha value is -3.02. The summed E-state index contributed by atoms with van der Waals surface area (Å²) >= 11 is 1.42. The van der Waals surface area contributed by atoms with Crippen molar-refractivity contribution in [1.29, 1.82) is 5.26 Å². The lowest BCUT2D eigenvalue weighted by atomic mass is 9.99. The number of rotatable bonds is 3. The van der Waals surface area contributed by atoms with Gasteiger partial charge in [-0.3, -0.25) is 0 Å². The molecule has 24 heavy (non-hydrogen) atoms. The van der Waals surface area contributed by atoms with Crippen molar-refractivity contribution in [1.82, 2.24) is 0 Å². The zero-order chi connectivity index (χ0) is 17.1. The second-order valence-corrected chi connectivity index (χ2v) is 5.87. The summed E-state index contributed by atoms with van der Waals surface area (Å²) < 4.78 is 5.25. The number of fused-ring (bicyclic) bond motifs is 3. The molecule has 0 atom stereocenters. The van der Waals surface area contributed by atoms with E-state index in [9.17, 15) is 10.1 Å². The second kappa shape index (κ2) is 6.62. The zero-order valence-corrected chi connectivity index (χ0v) is 13.7. The van der Waals surface area contributed by atoms with E-state index < -0.39 is 5.97 Å². The summed E-state index contributed by atoms with van der Waals surface area (Å²) in [6, 6.07) is 14.7. The van der Waals surface area contributed by atoms with Crippen molar-refractivity contribution in [3.8, 4) is 17.2 Å². The van der Waals surface area contributed by atoms with Gasteiger partial charge in [0.25, 0.3) is 5.70 Å². The molecule has 0 unspecified atom stereocenters. The van der Waals surface area contributed by atoms with Gasteiger partial charge in [0.2, 0.25) is 0 Å². The Morgan fingerprint density at radius 3 is 2.58 bits per heavy atom. The maximum atomic E-state index is 12.4. The lowest BCUT2D eigenvalue weighted by molar-refractivity contribution is 0.0580. The van der Waals surface area contributed by atoms with Crippen LogP contribution < -0.4 is 0 Å². The van der Waals surface area contributed by atoms with Gasteiger partial charge < -0.3 is 4.74 Å². The molecule has 5 heteroatoms. The molecule has 0 saturated carbocycles. The first kappa shape index (κ1) is 15.9. The molecule has 0 N–H and O–H groups in total. The summed E-state index contributed by atoms with van der Waals surface area (Å²) in [6.07, 6.45) is 1.85. The first-order chi connectivity index (χ1) is 11.7. The van der Waals surface area contributed by atoms with Crippen molar-refractivity contribution in [2.24, 2.45) is 0 Å². The van der Waals surface area contributed by atoms with Gasteiger partial charge in [-0.25, -0.2) is 14.9 Å². The van der Waals surface area contributed by atoms with E-state index in [1.165, 1.54) is 11.8 Å². The Labute approximate surface area is 144 Å². The van der Waals surface area contributed by atoms with Crippen LogP contribution in [0.25, 0.3) is 21.5 Å². The molecule has 0 saturated heterocycles. The molecule has 2 aromatic carbocycles. The van der Waals surface area contributed by atoms with Crippen molar-refractivity contribution < 1.29 is 9.53 Å². The SMILES string of the molecule is [C-]#[N+]/C(C#N)=C1\c2ccccc2-c2c(C(=O)OCSC)cccc21. The molecule has 0 aliphatic heterocycles. The van der Waals surface area contributed by atoms with E-state index in [-0.39, 0.29) is 11.6 Å². The van der Waals surface area contributed by atoms with Crippen molar-refractivity contribution in [2.75, 3.05) is 12.2 Å². The Bertz CT molecular complexity index is 933. The van der Waals surface area contributed by atoms with E-state index in [0.717, 1.165) is 22.3 Å². The Morgan fingerprint density at radius 2 is 1.92 bits per heavy atom. The van der Waals surface area contributed by atoms with Crippen LogP contribution in [0.2, 0.25) is 0 Å². The van der Waals surface area contributed by atoms with Gasteiger partial charge in [0.1, 0.15) is 5.94 Å². The lowest BCUT2D eigenvalue weighted by Gasteiger charge is -2.09. The quantitative estimate of drug-likeness (QED) is 0.310. The molecule has 0 amide bonds. The van der Waals surface area contributed by atoms with Crippen LogP contribution in [0.15, 0.2) is 48.2 Å². The molecule has 0 spiro atoms. The highest BCUT2D eigenvalue weighted by Crippen LogP contribution is 2.47. The van der Waals surface area contributed by atoms with E-state index in [4.69, 9.17) is 11.3 Å². The largest absolute Gasteiger partial charge is 0.451 e. The summed E-state index contributed by atoms with van der Waals surface area (Å²) in [7, 11) is 0. The van der Waals surface area contributed by atoms with Crippen molar-refractivity contribution >= 4 is 23.3 Å². The molecular weight excluding hydrogens is 320 g/mol. The normalized spacial score (nSPS) is 13.3. The van der Waals surface area contributed by atoms with E-state index in [2.05, 4.69) is 4.85 Å². The molecule has 0 fully saturated rings. The Kier molecular flexibility index (Phi) is 4.37. The van der Waals surface area contributed by atoms with Gasteiger partial charge in [-0.05, 0) is 29.0 Å². The third kappa shape index (κ3) is 2.46. The fourth-order valence-electron chi connectivity index (χ4n) is 2.87. The minimum atomic E-state index is -0.404. The smallest absolute Gasteiger partial charge is 0.339 e. The van der Waals surface area contributed by atoms with Crippen LogP contribution in [0.1, 0.15) is 21.5 Å². The molecule has 116 valence electrons. The topological polar surface area (TPSA) is 54.5 Å². The number of hydrogen-bond donors (Lipinski definition) is 0. The van der Waals surface area contributed by atoms with Crippen LogP contribution >= 0.6 is 11.8 Å². The fraction of sp³-hybridized carbons (Fsp3) is 0.105. The molecule has 0 bridgehead atoms. The Morgan fingerprint density at radius 1 is 1.21 bits per heavy atom. The van der Waals surface area contributed by atoms with E-state index >= 15 is 0 Å². The van der Waals surface area contributed by atoms with Gasteiger partial charge in [-0.15, -0.1) is 11.8 Å². The molecule has 3 rings (SSSR count). The first-order valence-corrected chi connectivity index (χ1v) is 8.53. The predicted octanol–water partition coefficient (Wildman–Crippen LogP) is 4.35. The number of thioether (sulfide) groups is 1. The lowest BCUT2D eigenvalue weighted by Crippen LogP contribution is -2.06. The van der Waals surface area contributed by atoms with Crippen LogP contribution in [-0.4, -0.2) is 18.2 Å². The number of ether oxygens (including phenoxy) is 1. The first-order valence-electron chi connectivity index (χ1n) is 7.14. The van der Waals surface area contributed by atoms with Crippen LogP contribution in [0, 0.1) is 17.9 Å². The van der Waals surface area contributed by atoms with E-state index in [1.54, 1.807) is 12.1 Å². The van der Waals surface area contributed by atoms with Gasteiger partial charge in [-0.2, -0.15) is 0 Å². The molecule has 4 nitrogen and oxygen atoms in total. The fourth-order valence-corrected chi connectivity index (χ4v) is 3.09. The number of benzene rings is 2. The van der Waals surface area contributed by atoms with Crippen LogP contribution in [-0.2, 0) is 4.74 Å². The van der Waals surface area contributed by atoms with Gasteiger partial charge in [0.15, 0.2) is 0 Å². The molecule has 0 heterocycles. The summed E-state index contributed by atoms with van der Waals surface area (Å²) in [4.78, 5) is 15.8. The van der Waals surface area contributed by atoms with Gasteiger partial charge in [0.05, 0.1) is 18.2 Å². The van der Waals surface area contributed by atoms with Gasteiger partial charge in [0, 0.05) is 11.1 Å². The minimum absolute atomic E-state index is 0.0239. The third-order valence-corrected chi connectivity index (χ3v) is 4.14. The second-order valence-electron chi connectivity index (χ2n) is 5.06. The standard InChI is InChI=1S/C19H12N2O2S/c1-21-16(10-20)18-13-7-4-3-6-12(13)17-14(18)8-5-9-15(17)19(22)23-11-24-2/h3-9H,11H2,2H3/b18-16+. The van der Waals surface area contributed by atoms with E-state index in [1.807, 2.05) is 42.7 Å². The van der Waals surface area contributed by atoms with E-state index in [0.29, 0.717) is 11.1 Å². The monoisotopic (exact) mass is 332 g/mol. The number of carbonyl (C=O) groups is 1. The number of nitrogens with zero attached hydrogens (tertiary/aromatic N) is 2. The minimum Gasteiger partial charge on any atom is -0.451 e. The Balaban J connectivity index is 2.30. The number of carbonyl (C=O) groups excluding carboxylic acids is 1. The summed E-state index contributed by atoms with van der Waals surface area (Å²) in [5.41, 5.74) is 4.15. The summed E-state index contributed by atoms with van der Waals surface area (Å²) in [5, 5.41) is 9.32. The van der Waals surface area contributed by atoms with Crippen LogP contribution in [0.3, 0.4) is 0 Å². The maximum Gasteiger partial charge on any atom is 0.339 e. The maximum absolute atomic E-state index is 12.4. The highest BCUT2D eigenvalue weighted by Gasteiger charge is 2.30. The van der Waals surface area contributed by atoms with Crippen molar-refractivity contribution in [2.45, 2.75) is 0 Å². The highest BCUT2D eigenvalue weighted by molar-refractivity contribution is 7.98. The molecule has 1 aliphatic rings. The summed E-state index contributed by atoms with van der Waals surface area (Å²) in [5.74, 6) is -0.128. The number of allylic oxidation sites excluding steroid dienone is 1. The third-order valence-electron chi connectivity index (χ3n) is 3.78. The van der Waals surface area contributed by atoms with Gasteiger partial charge >= 0.3 is 5.97 Å². The van der Waals surface area contributed by atoms with Gasteiger partial charge in [-0.1, -0.05) is 36.4 Å². The molecular formula is C19H12N2O2S. The molecule has 0 radical (unpaired) electrons. The van der Waals surface area contributed by atoms with Crippen molar-refractivity contribution in [3.63, 3.8) is 0 Å². The average Bonchev–Trinajstić information content (AvgIpc) is 2.96. The van der Waals surface area contributed by atoms with Crippen LogP contribution in [0.5, 0.6) is 0 Å². The van der Waals surface area contributed by atoms with Crippen LogP contribution in [0.4, 0.5) is 0 Å². The highest BCUT2D eigenvalue weighted by atomic mass is 32.2. The number of hydrogen-bond acceptors (Lipinski definition) is 4. The predicted molar refractivity (Wildman–Crippen MR) is 93.9 cm³/mol. The van der Waals surface area contributed by atoms with Crippen molar-refractivity contribution in [3.05, 3.63) is 76.3 Å². The zero-order valence-electron chi connectivity index (χ0n) is 12.9. The molecule has 1 aliphatic carbocycles. The molecule has 2 aromatic rings. The number of esters is 1. The average molecular weight is 332 g/mol. The molecule has 0 aromatic heterocycles.